The molecule has 94 valence electrons. The Morgan fingerprint density at radius 1 is 1.33 bits per heavy atom. The Morgan fingerprint density at radius 3 is 2.39 bits per heavy atom. The lowest BCUT2D eigenvalue weighted by atomic mass is 10.2. The molecule has 1 heterocycles. The van der Waals surface area contributed by atoms with Crippen LogP contribution < -0.4 is 0 Å². The Balaban J connectivity index is 2.54. The molecule has 0 unspecified atom stereocenters. The fourth-order valence-electron chi connectivity index (χ4n) is 1.56. The maximum Gasteiger partial charge on any atom is 0.347 e. The van der Waals surface area contributed by atoms with E-state index in [-0.39, 0.29) is 4.88 Å². The van der Waals surface area contributed by atoms with Gasteiger partial charge in [0.05, 0.1) is 5.69 Å². The van der Waals surface area contributed by atoms with Crippen molar-refractivity contribution in [1.82, 2.24) is 4.98 Å². The smallest absolute Gasteiger partial charge is 0.347 e. The zero-order valence-corrected chi connectivity index (χ0v) is 11.7. The predicted octanol–water partition coefficient (Wildman–Crippen LogP) is 4.38. The van der Waals surface area contributed by atoms with Crippen molar-refractivity contribution in [2.75, 3.05) is 0 Å². The van der Waals surface area contributed by atoms with Gasteiger partial charge in [0.1, 0.15) is 9.88 Å². The van der Waals surface area contributed by atoms with Crippen LogP contribution >= 0.6 is 34.5 Å². The molecule has 1 N–H and O–H groups in total. The average molecular weight is 302 g/mol. The molecule has 0 saturated carbocycles. The van der Waals surface area contributed by atoms with Gasteiger partial charge in [-0.1, -0.05) is 30.1 Å². The zero-order valence-electron chi connectivity index (χ0n) is 9.41. The van der Waals surface area contributed by atoms with Gasteiger partial charge >= 0.3 is 5.97 Å². The first-order chi connectivity index (χ1) is 8.51. The molecule has 18 heavy (non-hydrogen) atoms. The van der Waals surface area contributed by atoms with Gasteiger partial charge in [0.25, 0.3) is 0 Å². The number of thiazole rings is 1. The minimum absolute atomic E-state index is 0.267. The number of nitrogens with zero attached hydrogens (tertiary/aromatic N) is 1. The van der Waals surface area contributed by atoms with E-state index in [4.69, 9.17) is 28.3 Å². The van der Waals surface area contributed by atoms with E-state index in [1.54, 1.807) is 18.2 Å². The maximum absolute atomic E-state index is 11.1. The SMILES string of the molecule is CCc1nc(-c2cc(Cl)cc(Cl)c2)sc1C(=O)O. The van der Waals surface area contributed by atoms with Gasteiger partial charge in [-0.2, -0.15) is 0 Å². The van der Waals surface area contributed by atoms with Crippen molar-refractivity contribution in [3.8, 4) is 10.6 Å². The molecular formula is C12H9Cl2NO2S. The van der Waals surface area contributed by atoms with Gasteiger partial charge < -0.3 is 5.11 Å². The Hall–Kier alpha value is -1.10. The molecule has 0 aliphatic heterocycles. The summed E-state index contributed by atoms with van der Waals surface area (Å²) < 4.78 is 0. The summed E-state index contributed by atoms with van der Waals surface area (Å²) >= 11 is 13.0. The Bertz CT molecular complexity index is 590. The van der Waals surface area contributed by atoms with Crippen LogP contribution in [-0.4, -0.2) is 16.1 Å². The van der Waals surface area contributed by atoms with Gasteiger partial charge in [0.2, 0.25) is 0 Å². The monoisotopic (exact) mass is 301 g/mol. The van der Waals surface area contributed by atoms with Gasteiger partial charge in [-0.15, -0.1) is 11.3 Å². The summed E-state index contributed by atoms with van der Waals surface area (Å²) in [7, 11) is 0. The summed E-state index contributed by atoms with van der Waals surface area (Å²) in [6, 6.07) is 5.06. The summed E-state index contributed by atoms with van der Waals surface area (Å²) in [5, 5.41) is 10.7. The van der Waals surface area contributed by atoms with E-state index in [0.29, 0.717) is 27.2 Å². The summed E-state index contributed by atoms with van der Waals surface area (Å²) in [5.74, 6) is -0.955. The highest BCUT2D eigenvalue weighted by atomic mass is 35.5. The van der Waals surface area contributed by atoms with E-state index in [9.17, 15) is 4.79 Å². The van der Waals surface area contributed by atoms with Gasteiger partial charge in [0, 0.05) is 15.6 Å². The van der Waals surface area contributed by atoms with Gasteiger partial charge in [-0.3, -0.25) is 0 Å². The van der Waals surface area contributed by atoms with Gasteiger partial charge in [-0.05, 0) is 24.6 Å². The second-order valence-electron chi connectivity index (χ2n) is 3.61. The third-order valence-corrected chi connectivity index (χ3v) is 3.91. The molecule has 3 nitrogen and oxygen atoms in total. The van der Waals surface area contributed by atoms with E-state index < -0.39 is 5.97 Å². The van der Waals surface area contributed by atoms with Crippen LogP contribution in [0.15, 0.2) is 18.2 Å². The molecule has 0 amide bonds. The molecule has 1 aromatic carbocycles. The highest BCUT2D eigenvalue weighted by Gasteiger charge is 2.17. The van der Waals surface area contributed by atoms with Crippen LogP contribution in [0.2, 0.25) is 10.0 Å². The van der Waals surface area contributed by atoms with Crippen LogP contribution in [0.3, 0.4) is 0 Å². The molecule has 6 heteroatoms. The molecule has 0 aliphatic carbocycles. The lowest BCUT2D eigenvalue weighted by Gasteiger charge is -1.98. The van der Waals surface area contributed by atoms with E-state index >= 15 is 0 Å². The van der Waals surface area contributed by atoms with E-state index in [0.717, 1.165) is 16.9 Å². The van der Waals surface area contributed by atoms with Crippen LogP contribution in [0.1, 0.15) is 22.3 Å². The quantitative estimate of drug-likeness (QED) is 0.915. The standard InChI is InChI=1S/C12H9Cl2NO2S/c1-2-9-10(12(16)17)18-11(15-9)6-3-7(13)5-8(14)4-6/h3-5H,2H2,1H3,(H,16,17). The molecule has 2 rings (SSSR count). The number of carboxylic acid groups (broad SMARTS) is 1. The number of halogens is 2. The summed E-state index contributed by atoms with van der Waals surface area (Å²) in [4.78, 5) is 15.7. The summed E-state index contributed by atoms with van der Waals surface area (Å²) in [5.41, 5.74) is 1.32. The van der Waals surface area contributed by atoms with Crippen molar-refractivity contribution >= 4 is 40.5 Å². The number of carboxylic acids is 1. The van der Waals surface area contributed by atoms with E-state index in [1.807, 2.05) is 6.92 Å². The molecule has 0 aliphatic rings. The fourth-order valence-corrected chi connectivity index (χ4v) is 3.07. The minimum atomic E-state index is -0.955. The first-order valence-corrected chi connectivity index (χ1v) is 6.78. The molecule has 0 atom stereocenters. The number of aromatic nitrogens is 1. The van der Waals surface area contributed by atoms with Crippen LogP contribution in [0.25, 0.3) is 10.6 Å². The molecule has 2 aromatic rings. The van der Waals surface area contributed by atoms with Crippen molar-refractivity contribution in [2.45, 2.75) is 13.3 Å². The molecule has 1 aromatic heterocycles. The lowest BCUT2D eigenvalue weighted by Crippen LogP contribution is -1.97. The van der Waals surface area contributed by atoms with Gasteiger partial charge in [0.15, 0.2) is 0 Å². The summed E-state index contributed by atoms with van der Waals surface area (Å²) in [6.07, 6.45) is 0.576. The van der Waals surface area contributed by atoms with E-state index in [1.165, 1.54) is 0 Å². The van der Waals surface area contributed by atoms with Crippen LogP contribution in [0, 0.1) is 0 Å². The number of carbonyl (C=O) groups is 1. The minimum Gasteiger partial charge on any atom is -0.477 e. The molecule has 0 saturated heterocycles. The highest BCUT2D eigenvalue weighted by molar-refractivity contribution is 7.17. The number of hydrogen-bond acceptors (Lipinski definition) is 3. The maximum atomic E-state index is 11.1. The average Bonchev–Trinajstić information content (AvgIpc) is 2.71. The van der Waals surface area contributed by atoms with Crippen molar-refractivity contribution in [1.29, 1.82) is 0 Å². The third kappa shape index (κ3) is 2.66. The van der Waals surface area contributed by atoms with Crippen molar-refractivity contribution in [3.63, 3.8) is 0 Å². The lowest BCUT2D eigenvalue weighted by molar-refractivity contribution is 0.0701. The predicted molar refractivity (Wildman–Crippen MR) is 73.9 cm³/mol. The zero-order chi connectivity index (χ0) is 13.3. The fraction of sp³-hybridized carbons (Fsp3) is 0.167. The van der Waals surface area contributed by atoms with Crippen LogP contribution in [-0.2, 0) is 6.42 Å². The highest BCUT2D eigenvalue weighted by Crippen LogP contribution is 2.32. The van der Waals surface area contributed by atoms with Crippen molar-refractivity contribution in [3.05, 3.63) is 38.8 Å². The molecule has 0 radical (unpaired) electrons. The molecule has 0 spiro atoms. The second-order valence-corrected chi connectivity index (χ2v) is 5.48. The normalized spacial score (nSPS) is 10.6. The molecule has 0 bridgehead atoms. The number of aryl methyl sites for hydroxylation is 1. The number of hydrogen-bond donors (Lipinski definition) is 1. The first-order valence-electron chi connectivity index (χ1n) is 5.20. The second kappa shape index (κ2) is 5.26. The third-order valence-electron chi connectivity index (χ3n) is 2.34. The summed E-state index contributed by atoms with van der Waals surface area (Å²) in [6.45, 7) is 1.87. The van der Waals surface area contributed by atoms with Crippen LogP contribution in [0.5, 0.6) is 0 Å². The van der Waals surface area contributed by atoms with Gasteiger partial charge in [-0.25, -0.2) is 9.78 Å². The Kier molecular flexibility index (Phi) is 3.90. The molecule has 0 fully saturated rings. The van der Waals surface area contributed by atoms with E-state index in [2.05, 4.69) is 4.98 Å². The number of rotatable bonds is 3. The number of aromatic carboxylic acids is 1. The first kappa shape index (κ1) is 13.3. The Labute approximate surface area is 118 Å². The van der Waals surface area contributed by atoms with Crippen LogP contribution in [0.4, 0.5) is 0 Å². The van der Waals surface area contributed by atoms with Crippen molar-refractivity contribution < 1.29 is 9.90 Å². The number of benzene rings is 1. The Morgan fingerprint density at radius 2 is 1.94 bits per heavy atom. The van der Waals surface area contributed by atoms with Crippen molar-refractivity contribution in [2.24, 2.45) is 0 Å². The largest absolute Gasteiger partial charge is 0.477 e. The topological polar surface area (TPSA) is 50.2 Å². The molecular weight excluding hydrogens is 293 g/mol.